The molecule has 94 valence electrons. The van der Waals surface area contributed by atoms with Gasteiger partial charge in [-0.25, -0.2) is 4.39 Å². The molecule has 1 aromatic rings. The highest BCUT2D eigenvalue weighted by Crippen LogP contribution is 2.21. The van der Waals surface area contributed by atoms with Crippen molar-refractivity contribution in [2.75, 3.05) is 13.2 Å². The predicted molar refractivity (Wildman–Crippen MR) is 65.2 cm³/mol. The topological polar surface area (TPSA) is 47.3 Å². The zero-order chi connectivity index (χ0) is 12.3. The Bertz CT molecular complexity index is 383. The Morgan fingerprint density at radius 3 is 3.00 bits per heavy atom. The van der Waals surface area contributed by atoms with E-state index in [4.69, 9.17) is 22.2 Å². The van der Waals surface area contributed by atoms with Gasteiger partial charge < -0.3 is 4.74 Å². The van der Waals surface area contributed by atoms with Gasteiger partial charge in [-0.3, -0.25) is 11.3 Å². The molecular weight excluding hydrogens is 243 g/mol. The standard InChI is InChI=1S/C12H16ClFN2O/c13-10-2-1-8(5-11(10)14)6-12(16-15)9-3-4-17-7-9/h1-2,5,9,12,16H,3-4,6-7,15H2. The molecular formula is C12H16ClFN2O. The molecule has 5 heteroatoms. The summed E-state index contributed by atoms with van der Waals surface area (Å²) in [4.78, 5) is 0. The first-order valence-electron chi connectivity index (χ1n) is 5.68. The smallest absolute Gasteiger partial charge is 0.142 e. The highest BCUT2D eigenvalue weighted by Gasteiger charge is 2.25. The third-order valence-electron chi connectivity index (χ3n) is 3.19. The van der Waals surface area contributed by atoms with Crippen LogP contribution in [0.15, 0.2) is 18.2 Å². The number of nitrogens with two attached hydrogens (primary N) is 1. The molecule has 17 heavy (non-hydrogen) atoms. The lowest BCUT2D eigenvalue weighted by molar-refractivity contribution is 0.176. The minimum Gasteiger partial charge on any atom is -0.381 e. The highest BCUT2D eigenvalue weighted by molar-refractivity contribution is 6.30. The third-order valence-corrected chi connectivity index (χ3v) is 3.49. The molecule has 2 atom stereocenters. The van der Waals surface area contributed by atoms with Gasteiger partial charge in [-0.15, -0.1) is 0 Å². The van der Waals surface area contributed by atoms with Gasteiger partial charge in [0.1, 0.15) is 5.82 Å². The second kappa shape index (κ2) is 5.78. The van der Waals surface area contributed by atoms with Gasteiger partial charge in [-0.1, -0.05) is 17.7 Å². The summed E-state index contributed by atoms with van der Waals surface area (Å²) in [6.45, 7) is 1.49. The van der Waals surface area contributed by atoms with Gasteiger partial charge in [0.2, 0.25) is 0 Å². The van der Waals surface area contributed by atoms with Crippen LogP contribution in [0.25, 0.3) is 0 Å². The fraction of sp³-hybridized carbons (Fsp3) is 0.500. The number of ether oxygens (including phenoxy) is 1. The van der Waals surface area contributed by atoms with Crippen molar-refractivity contribution in [1.82, 2.24) is 5.43 Å². The van der Waals surface area contributed by atoms with Crippen molar-refractivity contribution >= 4 is 11.6 Å². The molecule has 1 fully saturated rings. The van der Waals surface area contributed by atoms with Crippen LogP contribution in [0.4, 0.5) is 4.39 Å². The lowest BCUT2D eigenvalue weighted by Crippen LogP contribution is -2.42. The summed E-state index contributed by atoms with van der Waals surface area (Å²) in [5.41, 5.74) is 3.68. The molecule has 3 nitrogen and oxygen atoms in total. The minimum atomic E-state index is -0.386. The van der Waals surface area contributed by atoms with E-state index in [0.29, 0.717) is 18.9 Å². The number of hydrazine groups is 1. The quantitative estimate of drug-likeness (QED) is 0.641. The highest BCUT2D eigenvalue weighted by atomic mass is 35.5. The summed E-state index contributed by atoms with van der Waals surface area (Å²) in [6, 6.07) is 4.97. The van der Waals surface area contributed by atoms with Crippen molar-refractivity contribution in [3.8, 4) is 0 Å². The number of nitrogens with one attached hydrogen (secondary N) is 1. The Hall–Kier alpha value is -0.680. The molecule has 0 radical (unpaired) electrons. The van der Waals surface area contributed by atoms with Crippen molar-refractivity contribution < 1.29 is 9.13 Å². The normalized spacial score (nSPS) is 21.7. The fourth-order valence-electron chi connectivity index (χ4n) is 2.15. The summed E-state index contributed by atoms with van der Waals surface area (Å²) >= 11 is 5.64. The Labute approximate surface area is 105 Å². The lowest BCUT2D eigenvalue weighted by atomic mass is 9.93. The number of hydrogen-bond acceptors (Lipinski definition) is 3. The van der Waals surface area contributed by atoms with Gasteiger partial charge in [-0.05, 0) is 30.5 Å². The Balaban J connectivity index is 2.04. The number of benzene rings is 1. The maximum atomic E-state index is 13.3. The molecule has 1 aliphatic rings. The van der Waals surface area contributed by atoms with Gasteiger partial charge in [0.25, 0.3) is 0 Å². The maximum Gasteiger partial charge on any atom is 0.142 e. The SMILES string of the molecule is NNC(Cc1ccc(Cl)c(F)c1)C1CCOC1. The Kier molecular flexibility index (Phi) is 4.34. The van der Waals surface area contributed by atoms with E-state index in [9.17, 15) is 4.39 Å². The van der Waals surface area contributed by atoms with E-state index in [1.165, 1.54) is 6.07 Å². The van der Waals surface area contributed by atoms with Crippen LogP contribution in [0.3, 0.4) is 0 Å². The average molecular weight is 259 g/mol. The van der Waals surface area contributed by atoms with Gasteiger partial charge in [0.15, 0.2) is 0 Å². The summed E-state index contributed by atoms with van der Waals surface area (Å²) in [7, 11) is 0. The van der Waals surface area contributed by atoms with E-state index < -0.39 is 0 Å². The van der Waals surface area contributed by atoms with E-state index in [0.717, 1.165) is 18.6 Å². The molecule has 1 aliphatic heterocycles. The van der Waals surface area contributed by atoms with E-state index in [2.05, 4.69) is 5.43 Å². The first-order chi connectivity index (χ1) is 8.20. The van der Waals surface area contributed by atoms with Crippen LogP contribution in [-0.2, 0) is 11.2 Å². The predicted octanol–water partition coefficient (Wildman–Crippen LogP) is 1.89. The van der Waals surface area contributed by atoms with Gasteiger partial charge in [0, 0.05) is 18.6 Å². The van der Waals surface area contributed by atoms with E-state index >= 15 is 0 Å². The zero-order valence-electron chi connectivity index (χ0n) is 9.46. The Morgan fingerprint density at radius 1 is 1.59 bits per heavy atom. The number of halogens is 2. The van der Waals surface area contributed by atoms with E-state index in [1.54, 1.807) is 6.07 Å². The second-order valence-corrected chi connectivity index (χ2v) is 4.76. The molecule has 0 aromatic heterocycles. The summed E-state index contributed by atoms with van der Waals surface area (Å²) in [6.07, 6.45) is 1.67. The summed E-state index contributed by atoms with van der Waals surface area (Å²) < 4.78 is 18.6. The average Bonchev–Trinajstić information content (AvgIpc) is 2.84. The van der Waals surface area contributed by atoms with E-state index in [1.807, 2.05) is 6.07 Å². The molecule has 2 unspecified atom stereocenters. The molecule has 0 aliphatic carbocycles. The van der Waals surface area contributed by atoms with Crippen LogP contribution >= 0.6 is 11.6 Å². The first-order valence-corrected chi connectivity index (χ1v) is 6.06. The fourth-order valence-corrected chi connectivity index (χ4v) is 2.27. The summed E-state index contributed by atoms with van der Waals surface area (Å²) in [5.74, 6) is 5.54. The van der Waals surface area contributed by atoms with Crippen molar-refractivity contribution in [3.63, 3.8) is 0 Å². The Morgan fingerprint density at radius 2 is 2.41 bits per heavy atom. The maximum absolute atomic E-state index is 13.3. The van der Waals surface area contributed by atoms with Crippen molar-refractivity contribution in [1.29, 1.82) is 0 Å². The van der Waals surface area contributed by atoms with Crippen LogP contribution < -0.4 is 11.3 Å². The van der Waals surface area contributed by atoms with Crippen molar-refractivity contribution in [2.24, 2.45) is 11.8 Å². The van der Waals surface area contributed by atoms with Gasteiger partial charge in [0.05, 0.1) is 11.6 Å². The molecule has 2 rings (SSSR count). The second-order valence-electron chi connectivity index (χ2n) is 4.35. The molecule has 0 saturated carbocycles. The van der Waals surface area contributed by atoms with Crippen molar-refractivity contribution in [2.45, 2.75) is 18.9 Å². The number of rotatable bonds is 4. The molecule has 1 saturated heterocycles. The molecule has 1 aromatic carbocycles. The number of hydrogen-bond donors (Lipinski definition) is 2. The van der Waals surface area contributed by atoms with Crippen molar-refractivity contribution in [3.05, 3.63) is 34.6 Å². The third kappa shape index (κ3) is 3.16. The van der Waals surface area contributed by atoms with Gasteiger partial charge >= 0.3 is 0 Å². The molecule has 0 amide bonds. The first kappa shape index (κ1) is 12.8. The lowest BCUT2D eigenvalue weighted by Gasteiger charge is -2.21. The van der Waals surface area contributed by atoms with E-state index in [-0.39, 0.29) is 16.9 Å². The largest absolute Gasteiger partial charge is 0.381 e. The minimum absolute atomic E-state index is 0.109. The molecule has 1 heterocycles. The van der Waals surface area contributed by atoms with Crippen LogP contribution in [0, 0.1) is 11.7 Å². The molecule has 3 N–H and O–H groups in total. The molecule has 0 spiro atoms. The zero-order valence-corrected chi connectivity index (χ0v) is 10.2. The monoisotopic (exact) mass is 258 g/mol. The summed E-state index contributed by atoms with van der Waals surface area (Å²) in [5, 5.41) is 0.148. The van der Waals surface area contributed by atoms with Gasteiger partial charge in [-0.2, -0.15) is 0 Å². The van der Waals surface area contributed by atoms with Crippen LogP contribution in [0.2, 0.25) is 5.02 Å². The van der Waals surface area contributed by atoms with Crippen LogP contribution in [0.1, 0.15) is 12.0 Å². The van der Waals surface area contributed by atoms with Crippen LogP contribution in [-0.4, -0.2) is 19.3 Å². The van der Waals surface area contributed by atoms with Crippen LogP contribution in [0.5, 0.6) is 0 Å². The molecule has 0 bridgehead atoms.